The Kier molecular flexibility index (Phi) is 5.98. The molecule has 1 aliphatic rings. The van der Waals surface area contributed by atoms with E-state index < -0.39 is 0 Å². The van der Waals surface area contributed by atoms with Crippen molar-refractivity contribution < 1.29 is 18.7 Å². The average Bonchev–Trinajstić information content (AvgIpc) is 3.10. The summed E-state index contributed by atoms with van der Waals surface area (Å²) in [6, 6.07) is 6.25. The van der Waals surface area contributed by atoms with Gasteiger partial charge in [0.2, 0.25) is 5.91 Å². The van der Waals surface area contributed by atoms with E-state index in [2.05, 4.69) is 4.98 Å². The van der Waals surface area contributed by atoms with Crippen LogP contribution in [0, 0.1) is 11.7 Å². The van der Waals surface area contributed by atoms with Crippen LogP contribution in [0.3, 0.4) is 0 Å². The van der Waals surface area contributed by atoms with Crippen molar-refractivity contribution in [2.75, 3.05) is 19.7 Å². The molecule has 0 radical (unpaired) electrons. The number of carbonyl (C=O) groups is 2. The van der Waals surface area contributed by atoms with Gasteiger partial charge in [0, 0.05) is 24.0 Å². The van der Waals surface area contributed by atoms with Crippen molar-refractivity contribution >= 4 is 23.2 Å². The highest BCUT2D eigenvalue weighted by Gasteiger charge is 2.29. The monoisotopic (exact) mass is 376 g/mol. The maximum Gasteiger partial charge on any atom is 0.310 e. The molecule has 3 rings (SSSR count). The molecule has 0 aliphatic carbocycles. The lowest BCUT2D eigenvalue weighted by Gasteiger charge is -2.31. The van der Waals surface area contributed by atoms with Gasteiger partial charge in [-0.3, -0.25) is 9.59 Å². The number of aromatic nitrogens is 1. The number of rotatable bonds is 5. The van der Waals surface area contributed by atoms with Crippen molar-refractivity contribution in [1.82, 2.24) is 9.88 Å². The highest BCUT2D eigenvalue weighted by molar-refractivity contribution is 7.13. The van der Waals surface area contributed by atoms with E-state index in [1.807, 2.05) is 5.38 Å². The molecule has 26 heavy (non-hydrogen) atoms. The Morgan fingerprint density at radius 1 is 1.42 bits per heavy atom. The van der Waals surface area contributed by atoms with Crippen LogP contribution in [0.15, 0.2) is 29.6 Å². The average molecular weight is 376 g/mol. The van der Waals surface area contributed by atoms with E-state index in [1.165, 1.54) is 23.5 Å². The molecule has 1 atom stereocenters. The fraction of sp³-hybridized carbons (Fsp3) is 0.421. The zero-order valence-corrected chi connectivity index (χ0v) is 15.4. The smallest absolute Gasteiger partial charge is 0.310 e. The molecule has 0 spiro atoms. The number of hydrogen-bond donors (Lipinski definition) is 0. The van der Waals surface area contributed by atoms with Gasteiger partial charge < -0.3 is 9.64 Å². The highest BCUT2D eigenvalue weighted by Crippen LogP contribution is 2.25. The number of nitrogens with zero attached hydrogens (tertiary/aromatic N) is 2. The highest BCUT2D eigenvalue weighted by atomic mass is 32.1. The van der Waals surface area contributed by atoms with Crippen LogP contribution in [0.5, 0.6) is 0 Å². The quantitative estimate of drug-likeness (QED) is 0.752. The van der Waals surface area contributed by atoms with Gasteiger partial charge in [0.1, 0.15) is 10.8 Å². The topological polar surface area (TPSA) is 59.5 Å². The largest absolute Gasteiger partial charge is 0.466 e. The second-order valence-corrected chi connectivity index (χ2v) is 7.12. The van der Waals surface area contributed by atoms with Crippen LogP contribution >= 0.6 is 11.3 Å². The van der Waals surface area contributed by atoms with E-state index in [4.69, 9.17) is 4.74 Å². The number of benzene rings is 1. The Morgan fingerprint density at radius 3 is 3.04 bits per heavy atom. The Balaban J connectivity index is 1.62. The van der Waals surface area contributed by atoms with Gasteiger partial charge in [0.15, 0.2) is 0 Å². The van der Waals surface area contributed by atoms with Gasteiger partial charge in [-0.25, -0.2) is 9.37 Å². The molecule has 1 aliphatic heterocycles. The van der Waals surface area contributed by atoms with Crippen molar-refractivity contribution in [1.29, 1.82) is 0 Å². The molecule has 1 saturated heterocycles. The molecule has 0 saturated carbocycles. The minimum atomic E-state index is -0.311. The Labute approximate surface area is 155 Å². The van der Waals surface area contributed by atoms with Crippen molar-refractivity contribution in [2.45, 2.75) is 26.2 Å². The minimum Gasteiger partial charge on any atom is -0.466 e. The number of amides is 1. The lowest BCUT2D eigenvalue weighted by molar-refractivity contribution is -0.151. The zero-order chi connectivity index (χ0) is 18.5. The van der Waals surface area contributed by atoms with Gasteiger partial charge in [0.05, 0.1) is 24.6 Å². The summed E-state index contributed by atoms with van der Waals surface area (Å²) < 4.78 is 18.4. The molecule has 1 fully saturated rings. The zero-order valence-electron chi connectivity index (χ0n) is 14.6. The van der Waals surface area contributed by atoms with E-state index in [0.717, 1.165) is 12.8 Å². The number of piperidine rings is 1. The van der Waals surface area contributed by atoms with Crippen LogP contribution in [0.2, 0.25) is 0 Å². The summed E-state index contributed by atoms with van der Waals surface area (Å²) >= 11 is 1.39. The van der Waals surface area contributed by atoms with Crippen molar-refractivity contribution in [3.63, 3.8) is 0 Å². The summed E-state index contributed by atoms with van der Waals surface area (Å²) in [5, 5.41) is 2.51. The molecule has 7 heteroatoms. The first-order valence-electron chi connectivity index (χ1n) is 8.71. The van der Waals surface area contributed by atoms with Gasteiger partial charge in [-0.2, -0.15) is 0 Å². The van der Waals surface area contributed by atoms with Crippen molar-refractivity contribution in [3.05, 3.63) is 41.2 Å². The lowest BCUT2D eigenvalue weighted by atomic mass is 9.98. The molecule has 1 unspecified atom stereocenters. The fourth-order valence-electron chi connectivity index (χ4n) is 3.07. The van der Waals surface area contributed by atoms with Gasteiger partial charge in [0.25, 0.3) is 0 Å². The maximum atomic E-state index is 13.3. The summed E-state index contributed by atoms with van der Waals surface area (Å²) in [5.74, 6) is -0.832. The Bertz CT molecular complexity index is 793. The molecule has 1 aromatic carbocycles. The number of hydrogen-bond acceptors (Lipinski definition) is 5. The summed E-state index contributed by atoms with van der Waals surface area (Å²) in [7, 11) is 0. The van der Waals surface area contributed by atoms with E-state index in [1.54, 1.807) is 24.0 Å². The van der Waals surface area contributed by atoms with Crippen LogP contribution in [-0.2, 0) is 20.7 Å². The maximum absolute atomic E-state index is 13.3. The predicted octanol–water partition coefficient (Wildman–Crippen LogP) is 3.29. The number of thiazole rings is 1. The molecule has 2 aromatic rings. The number of ether oxygens (including phenoxy) is 1. The van der Waals surface area contributed by atoms with Crippen LogP contribution < -0.4 is 0 Å². The molecule has 0 bridgehead atoms. The standard InChI is InChI=1S/C19H21FN2O3S/c1-2-25-19(24)14-6-4-8-22(11-14)17(23)10-16-12-26-18(21-16)13-5-3-7-15(20)9-13/h3,5,7,9,12,14H,2,4,6,8,10-11H2,1H3. The molecule has 5 nitrogen and oxygen atoms in total. The van der Waals surface area contributed by atoms with Gasteiger partial charge in [-0.05, 0) is 31.9 Å². The van der Waals surface area contributed by atoms with Gasteiger partial charge in [-0.15, -0.1) is 11.3 Å². The summed E-state index contributed by atoms with van der Waals surface area (Å²) in [5.41, 5.74) is 1.37. The Morgan fingerprint density at radius 2 is 2.27 bits per heavy atom. The van der Waals surface area contributed by atoms with Crippen LogP contribution in [0.25, 0.3) is 10.6 Å². The van der Waals surface area contributed by atoms with Crippen LogP contribution in [-0.4, -0.2) is 41.5 Å². The van der Waals surface area contributed by atoms with E-state index in [-0.39, 0.29) is 30.0 Å². The number of esters is 1. The van der Waals surface area contributed by atoms with Gasteiger partial charge in [-0.1, -0.05) is 12.1 Å². The van der Waals surface area contributed by atoms with E-state index in [9.17, 15) is 14.0 Å². The fourth-order valence-corrected chi connectivity index (χ4v) is 3.88. The number of carbonyl (C=O) groups excluding carboxylic acids is 2. The first-order valence-corrected chi connectivity index (χ1v) is 9.59. The predicted molar refractivity (Wildman–Crippen MR) is 97.1 cm³/mol. The van der Waals surface area contributed by atoms with E-state index in [0.29, 0.717) is 36.0 Å². The second kappa shape index (κ2) is 8.40. The first kappa shape index (κ1) is 18.5. The third-order valence-electron chi connectivity index (χ3n) is 4.35. The third kappa shape index (κ3) is 4.46. The molecule has 0 N–H and O–H groups in total. The van der Waals surface area contributed by atoms with Crippen molar-refractivity contribution in [2.24, 2.45) is 5.92 Å². The van der Waals surface area contributed by atoms with E-state index >= 15 is 0 Å². The summed E-state index contributed by atoms with van der Waals surface area (Å²) in [4.78, 5) is 30.6. The van der Waals surface area contributed by atoms with Crippen LogP contribution in [0.4, 0.5) is 4.39 Å². The molecular formula is C19H21FN2O3S. The molecule has 1 aromatic heterocycles. The SMILES string of the molecule is CCOC(=O)C1CCCN(C(=O)Cc2csc(-c3cccc(F)c3)n2)C1. The molecule has 2 heterocycles. The lowest BCUT2D eigenvalue weighted by Crippen LogP contribution is -2.43. The van der Waals surface area contributed by atoms with Crippen LogP contribution in [0.1, 0.15) is 25.5 Å². The first-order chi connectivity index (χ1) is 12.6. The third-order valence-corrected chi connectivity index (χ3v) is 5.29. The minimum absolute atomic E-state index is 0.0462. The number of halogens is 1. The molecule has 1 amide bonds. The second-order valence-electron chi connectivity index (χ2n) is 6.26. The number of likely N-dealkylation sites (tertiary alicyclic amines) is 1. The normalized spacial score (nSPS) is 17.2. The summed E-state index contributed by atoms with van der Waals surface area (Å²) in [6.45, 7) is 3.18. The summed E-state index contributed by atoms with van der Waals surface area (Å²) in [6.07, 6.45) is 1.73. The molecule has 138 valence electrons. The molecular weight excluding hydrogens is 355 g/mol. The van der Waals surface area contributed by atoms with Gasteiger partial charge >= 0.3 is 5.97 Å². The van der Waals surface area contributed by atoms with Crippen molar-refractivity contribution in [3.8, 4) is 10.6 Å². The Hall–Kier alpha value is -2.28.